The highest BCUT2D eigenvalue weighted by Gasteiger charge is 2.44. The number of hydrogen-bond donors (Lipinski definition) is 2. The van der Waals surface area contributed by atoms with Gasteiger partial charge in [0.25, 0.3) is 0 Å². The predicted octanol–water partition coefficient (Wildman–Crippen LogP) is 2.35. The van der Waals surface area contributed by atoms with Crippen molar-refractivity contribution in [3.63, 3.8) is 0 Å². The minimum Gasteiger partial charge on any atom is -0.340 e. The first-order valence-electron chi connectivity index (χ1n) is 9.28. The van der Waals surface area contributed by atoms with Crippen LogP contribution in [0.3, 0.4) is 0 Å². The minimum absolute atomic E-state index is 0.446. The van der Waals surface area contributed by atoms with Gasteiger partial charge in [0.05, 0.1) is 0 Å². The van der Waals surface area contributed by atoms with E-state index in [-0.39, 0.29) is 0 Å². The maximum absolute atomic E-state index is 4.74. The molecule has 2 aromatic heterocycles. The van der Waals surface area contributed by atoms with Crippen molar-refractivity contribution in [3.8, 4) is 0 Å². The molecule has 7 heteroatoms. The van der Waals surface area contributed by atoms with Crippen LogP contribution < -0.4 is 10.2 Å². The summed E-state index contributed by atoms with van der Waals surface area (Å²) in [6.45, 7) is 4.50. The maximum Gasteiger partial charge on any atom is 0.227 e. The molecule has 5 rings (SSSR count). The number of anilines is 3. The van der Waals surface area contributed by atoms with Crippen LogP contribution in [0.4, 0.5) is 17.6 Å². The van der Waals surface area contributed by atoms with Crippen LogP contribution in [0.15, 0.2) is 18.3 Å². The fraction of sp³-hybridized carbons (Fsp3) is 0.611. The summed E-state index contributed by atoms with van der Waals surface area (Å²) >= 11 is 0. The quantitative estimate of drug-likeness (QED) is 0.891. The molecule has 1 saturated carbocycles. The molecule has 1 aliphatic carbocycles. The average molecular weight is 339 g/mol. The first-order valence-corrected chi connectivity index (χ1v) is 9.28. The van der Waals surface area contributed by atoms with E-state index in [9.17, 15) is 0 Å². The fourth-order valence-corrected chi connectivity index (χ4v) is 4.44. The molecule has 0 radical (unpaired) electrons. The summed E-state index contributed by atoms with van der Waals surface area (Å²) in [5.41, 5.74) is 1.67. The van der Waals surface area contributed by atoms with E-state index in [4.69, 9.17) is 4.98 Å². The Balaban J connectivity index is 1.30. The summed E-state index contributed by atoms with van der Waals surface area (Å²) in [5.74, 6) is 3.15. The van der Waals surface area contributed by atoms with E-state index in [1.54, 1.807) is 0 Å². The number of piperidine rings is 1. The second-order valence-electron chi connectivity index (χ2n) is 8.05. The Kier molecular flexibility index (Phi) is 3.45. The van der Waals surface area contributed by atoms with Gasteiger partial charge in [-0.15, -0.1) is 0 Å². The van der Waals surface area contributed by atoms with Gasteiger partial charge in [0, 0.05) is 55.5 Å². The van der Waals surface area contributed by atoms with Crippen molar-refractivity contribution in [2.24, 2.45) is 5.41 Å². The second kappa shape index (κ2) is 5.69. The van der Waals surface area contributed by atoms with Crippen LogP contribution in [0.25, 0.3) is 0 Å². The fourth-order valence-electron chi connectivity index (χ4n) is 4.44. The lowest BCUT2D eigenvalue weighted by Crippen LogP contribution is -2.61. The molecular weight excluding hydrogens is 314 g/mol. The van der Waals surface area contributed by atoms with Crippen molar-refractivity contribution in [1.82, 2.24) is 25.1 Å². The molecule has 0 amide bonds. The van der Waals surface area contributed by atoms with E-state index in [2.05, 4.69) is 43.4 Å². The molecule has 2 N–H and O–H groups in total. The highest BCUT2D eigenvalue weighted by Crippen LogP contribution is 2.40. The number of aromatic nitrogens is 4. The van der Waals surface area contributed by atoms with Gasteiger partial charge in [-0.3, -0.25) is 5.10 Å². The molecule has 0 unspecified atom stereocenters. The number of nitrogens with one attached hydrogen (secondary N) is 2. The second-order valence-corrected chi connectivity index (χ2v) is 8.05. The maximum atomic E-state index is 4.74. The Bertz CT molecular complexity index is 755. The van der Waals surface area contributed by atoms with Crippen LogP contribution in [0, 0.1) is 5.41 Å². The number of rotatable bonds is 4. The lowest BCUT2D eigenvalue weighted by Gasteiger charge is -2.53. The summed E-state index contributed by atoms with van der Waals surface area (Å²) in [7, 11) is 2.20. The number of hydrogen-bond acceptors (Lipinski definition) is 6. The van der Waals surface area contributed by atoms with Crippen molar-refractivity contribution < 1.29 is 0 Å². The van der Waals surface area contributed by atoms with Gasteiger partial charge in [-0.1, -0.05) is 0 Å². The zero-order valence-electron chi connectivity index (χ0n) is 14.7. The number of likely N-dealkylation sites (tertiary alicyclic amines) is 1. The molecular formula is C18H25N7. The third-order valence-electron chi connectivity index (χ3n) is 5.67. The Morgan fingerprint density at radius 3 is 2.92 bits per heavy atom. The molecule has 7 nitrogen and oxygen atoms in total. The van der Waals surface area contributed by atoms with Crippen molar-refractivity contribution in [2.45, 2.75) is 31.6 Å². The largest absolute Gasteiger partial charge is 0.340 e. The third kappa shape index (κ3) is 2.97. The predicted molar refractivity (Wildman–Crippen MR) is 97.3 cm³/mol. The molecule has 3 aliphatic rings. The van der Waals surface area contributed by atoms with Gasteiger partial charge in [-0.25, -0.2) is 4.98 Å². The minimum atomic E-state index is 0.446. The van der Waals surface area contributed by atoms with E-state index in [0.717, 1.165) is 30.7 Å². The summed E-state index contributed by atoms with van der Waals surface area (Å²) in [6.07, 6.45) is 6.92. The summed E-state index contributed by atoms with van der Waals surface area (Å²) in [6, 6.07) is 4.01. The molecule has 2 saturated heterocycles. The summed E-state index contributed by atoms with van der Waals surface area (Å²) < 4.78 is 0. The van der Waals surface area contributed by atoms with Gasteiger partial charge in [0.2, 0.25) is 5.95 Å². The van der Waals surface area contributed by atoms with Gasteiger partial charge in [-0.05, 0) is 38.8 Å². The molecule has 0 bridgehead atoms. The highest BCUT2D eigenvalue weighted by atomic mass is 15.3. The zero-order valence-corrected chi connectivity index (χ0v) is 14.7. The van der Waals surface area contributed by atoms with Crippen molar-refractivity contribution >= 4 is 17.6 Å². The van der Waals surface area contributed by atoms with Crippen LogP contribution in [0.5, 0.6) is 0 Å². The van der Waals surface area contributed by atoms with Gasteiger partial charge >= 0.3 is 0 Å². The standard InChI is InChI=1S/C18H25N7/c1-24-10-18(11-24)6-2-8-25(12-18)17-19-7-5-15(21-17)20-16-9-14(22-23-16)13-3-4-13/h5,7,9,13H,2-4,6,8,10-12H2,1H3,(H2,19,20,21,22,23). The van der Waals surface area contributed by atoms with Crippen molar-refractivity contribution in [1.29, 1.82) is 0 Å². The monoisotopic (exact) mass is 339 g/mol. The average Bonchev–Trinajstić information content (AvgIpc) is 3.34. The molecule has 2 aromatic rings. The Morgan fingerprint density at radius 2 is 2.12 bits per heavy atom. The lowest BCUT2D eigenvalue weighted by atomic mass is 9.74. The van der Waals surface area contributed by atoms with Gasteiger partial charge in [0.15, 0.2) is 5.82 Å². The van der Waals surface area contributed by atoms with Crippen LogP contribution in [-0.2, 0) is 0 Å². The van der Waals surface area contributed by atoms with Crippen molar-refractivity contribution in [3.05, 3.63) is 24.0 Å². The van der Waals surface area contributed by atoms with Crippen LogP contribution in [0.1, 0.15) is 37.3 Å². The Hall–Kier alpha value is -2.15. The topological polar surface area (TPSA) is 73.0 Å². The number of H-pyrrole nitrogens is 1. The normalized spacial score (nSPS) is 22.8. The highest BCUT2D eigenvalue weighted by molar-refractivity contribution is 5.53. The summed E-state index contributed by atoms with van der Waals surface area (Å²) in [4.78, 5) is 14.0. The van der Waals surface area contributed by atoms with E-state index in [1.807, 2.05) is 12.3 Å². The van der Waals surface area contributed by atoms with Gasteiger partial charge in [0.1, 0.15) is 5.82 Å². The Labute approximate surface area is 147 Å². The van der Waals surface area contributed by atoms with E-state index in [1.165, 1.54) is 44.5 Å². The molecule has 3 fully saturated rings. The number of aromatic amines is 1. The van der Waals surface area contributed by atoms with Gasteiger partial charge in [-0.2, -0.15) is 10.1 Å². The van der Waals surface area contributed by atoms with Crippen LogP contribution in [-0.4, -0.2) is 58.3 Å². The lowest BCUT2D eigenvalue weighted by molar-refractivity contribution is 0.00986. The molecule has 0 aromatic carbocycles. The zero-order chi connectivity index (χ0) is 16.9. The summed E-state index contributed by atoms with van der Waals surface area (Å²) in [5, 5.41) is 10.8. The molecule has 132 valence electrons. The Morgan fingerprint density at radius 1 is 1.24 bits per heavy atom. The molecule has 25 heavy (non-hydrogen) atoms. The molecule has 0 atom stereocenters. The molecule has 2 aliphatic heterocycles. The first kappa shape index (κ1) is 15.1. The SMILES string of the molecule is CN1CC2(CCCN(c3nccc(Nc4cc(C5CC5)[nH]n4)n3)C2)C1. The molecule has 1 spiro atoms. The van der Waals surface area contributed by atoms with E-state index < -0.39 is 0 Å². The van der Waals surface area contributed by atoms with E-state index in [0.29, 0.717) is 11.3 Å². The number of nitrogens with zero attached hydrogens (tertiary/aromatic N) is 5. The smallest absolute Gasteiger partial charge is 0.227 e. The van der Waals surface area contributed by atoms with Crippen LogP contribution in [0.2, 0.25) is 0 Å². The molecule has 4 heterocycles. The first-order chi connectivity index (χ1) is 12.2. The van der Waals surface area contributed by atoms with Gasteiger partial charge < -0.3 is 15.1 Å². The van der Waals surface area contributed by atoms with Crippen LogP contribution >= 0.6 is 0 Å². The van der Waals surface area contributed by atoms with E-state index >= 15 is 0 Å². The van der Waals surface area contributed by atoms with Crippen molar-refractivity contribution in [2.75, 3.05) is 43.4 Å². The third-order valence-corrected chi connectivity index (χ3v) is 5.67.